The van der Waals surface area contributed by atoms with Gasteiger partial charge >= 0.3 is 9.05 Å². The van der Waals surface area contributed by atoms with Gasteiger partial charge < -0.3 is 17.7 Å². The molecule has 0 rings (SSSR count). The van der Waals surface area contributed by atoms with Crippen molar-refractivity contribution in [1.82, 2.24) is 0 Å². The Morgan fingerprint density at radius 1 is 0.500 bits per heavy atom. The SMILES string of the molecule is CC(C)O[Si](OC(C)C)(OC(C)C)OC(C)C.[Si]. The number of hydrogen-bond acceptors (Lipinski definition) is 4. The van der Waals surface area contributed by atoms with E-state index >= 15 is 0 Å². The minimum absolute atomic E-state index is 0. The van der Waals surface area contributed by atoms with Crippen molar-refractivity contribution in [2.24, 2.45) is 0 Å². The van der Waals surface area contributed by atoms with Crippen molar-refractivity contribution in [3.8, 4) is 0 Å². The van der Waals surface area contributed by atoms with E-state index in [1.807, 2.05) is 55.4 Å². The monoisotopic (exact) mass is 292 g/mol. The molecule has 18 heavy (non-hydrogen) atoms. The molecule has 0 amide bonds. The van der Waals surface area contributed by atoms with Crippen molar-refractivity contribution >= 4 is 20.0 Å². The summed E-state index contributed by atoms with van der Waals surface area (Å²) in [5, 5.41) is 0. The lowest BCUT2D eigenvalue weighted by molar-refractivity contribution is -0.0858. The second kappa shape index (κ2) is 9.22. The first-order valence-corrected chi connectivity index (χ1v) is 8.01. The van der Waals surface area contributed by atoms with Gasteiger partial charge in [0.1, 0.15) is 0 Å². The van der Waals surface area contributed by atoms with Crippen LogP contribution in [0.4, 0.5) is 0 Å². The van der Waals surface area contributed by atoms with E-state index in [2.05, 4.69) is 0 Å². The van der Waals surface area contributed by atoms with Crippen LogP contribution in [0.3, 0.4) is 0 Å². The van der Waals surface area contributed by atoms with Crippen molar-refractivity contribution in [1.29, 1.82) is 0 Å². The van der Waals surface area contributed by atoms with Gasteiger partial charge in [0.25, 0.3) is 0 Å². The molecule has 0 atom stereocenters. The minimum Gasteiger partial charge on any atom is -0.349 e. The van der Waals surface area contributed by atoms with Crippen molar-refractivity contribution in [2.75, 3.05) is 0 Å². The van der Waals surface area contributed by atoms with Crippen LogP contribution < -0.4 is 0 Å². The summed E-state index contributed by atoms with van der Waals surface area (Å²) >= 11 is 0. The first-order chi connectivity index (χ1) is 7.67. The van der Waals surface area contributed by atoms with Crippen molar-refractivity contribution in [3.63, 3.8) is 0 Å². The van der Waals surface area contributed by atoms with E-state index in [1.54, 1.807) is 0 Å². The molecule has 108 valence electrons. The molecule has 0 aliphatic rings. The highest BCUT2D eigenvalue weighted by atomic mass is 28.4. The quantitative estimate of drug-likeness (QED) is 0.645. The van der Waals surface area contributed by atoms with E-state index < -0.39 is 9.05 Å². The van der Waals surface area contributed by atoms with E-state index in [0.717, 1.165) is 0 Å². The molecule has 0 spiro atoms. The average molecular weight is 293 g/mol. The van der Waals surface area contributed by atoms with Gasteiger partial charge in [-0.2, -0.15) is 0 Å². The third-order valence-corrected chi connectivity index (χ3v) is 4.56. The molecule has 0 aromatic heterocycles. The van der Waals surface area contributed by atoms with Crippen LogP contribution in [0.1, 0.15) is 55.4 Å². The largest absolute Gasteiger partial charge is 0.680 e. The van der Waals surface area contributed by atoms with Gasteiger partial charge in [-0.25, -0.2) is 0 Å². The molecule has 0 aliphatic heterocycles. The van der Waals surface area contributed by atoms with Crippen LogP contribution in [0.5, 0.6) is 0 Å². The van der Waals surface area contributed by atoms with E-state index in [0.29, 0.717) is 0 Å². The molecule has 0 saturated heterocycles. The van der Waals surface area contributed by atoms with Gasteiger partial charge in [0.15, 0.2) is 0 Å². The Kier molecular flexibility index (Phi) is 10.5. The van der Waals surface area contributed by atoms with Crippen molar-refractivity contribution in [2.45, 2.75) is 79.8 Å². The zero-order valence-electron chi connectivity index (χ0n) is 12.9. The summed E-state index contributed by atoms with van der Waals surface area (Å²) in [5.41, 5.74) is 0. The van der Waals surface area contributed by atoms with Gasteiger partial charge in [-0.1, -0.05) is 0 Å². The molecule has 4 nitrogen and oxygen atoms in total. The van der Waals surface area contributed by atoms with Crippen LogP contribution in [0, 0.1) is 0 Å². The molecule has 6 heteroatoms. The molecule has 0 fully saturated rings. The summed E-state index contributed by atoms with van der Waals surface area (Å²) in [7, 11) is -3.05. The predicted octanol–water partition coefficient (Wildman–Crippen LogP) is 2.74. The zero-order chi connectivity index (χ0) is 13.6. The highest BCUT2D eigenvalue weighted by Gasteiger charge is 2.49. The van der Waals surface area contributed by atoms with Gasteiger partial charge in [-0.15, -0.1) is 0 Å². The van der Waals surface area contributed by atoms with Gasteiger partial charge in [0.05, 0.1) is 0 Å². The highest BCUT2D eigenvalue weighted by Crippen LogP contribution is 2.20. The highest BCUT2D eigenvalue weighted by molar-refractivity contribution is 6.53. The van der Waals surface area contributed by atoms with Gasteiger partial charge in [-0.05, 0) is 55.4 Å². The number of hydrogen-bond donors (Lipinski definition) is 0. The van der Waals surface area contributed by atoms with Crippen LogP contribution in [0.25, 0.3) is 0 Å². The molecule has 0 aromatic rings. The molecule has 0 unspecified atom stereocenters. The second-order valence-electron chi connectivity index (χ2n) is 5.17. The Hall–Kier alpha value is 0.274. The lowest BCUT2D eigenvalue weighted by Crippen LogP contribution is -2.54. The molecule has 0 bridgehead atoms. The van der Waals surface area contributed by atoms with E-state index in [9.17, 15) is 0 Å². The second-order valence-corrected chi connectivity index (χ2v) is 7.11. The maximum atomic E-state index is 5.84. The third kappa shape index (κ3) is 9.24. The van der Waals surface area contributed by atoms with Crippen LogP contribution in [-0.4, -0.2) is 44.4 Å². The fourth-order valence-electron chi connectivity index (χ4n) is 1.32. The maximum absolute atomic E-state index is 5.84. The van der Waals surface area contributed by atoms with Gasteiger partial charge in [0.2, 0.25) is 0 Å². The predicted molar refractivity (Wildman–Crippen MR) is 76.4 cm³/mol. The van der Waals surface area contributed by atoms with Crippen LogP contribution in [-0.2, 0) is 17.7 Å². The molecule has 0 saturated carbocycles. The molecule has 4 radical (unpaired) electrons. The molecule has 0 aliphatic carbocycles. The average Bonchev–Trinajstić information content (AvgIpc) is 1.95. The normalized spacial score (nSPS) is 12.7. The third-order valence-electron chi connectivity index (χ3n) is 1.52. The Bertz CT molecular complexity index is 163. The van der Waals surface area contributed by atoms with Crippen LogP contribution in [0.15, 0.2) is 0 Å². The smallest absolute Gasteiger partial charge is 0.349 e. The van der Waals surface area contributed by atoms with E-state index in [1.165, 1.54) is 0 Å². The lowest BCUT2D eigenvalue weighted by atomic mass is 10.5. The van der Waals surface area contributed by atoms with Crippen molar-refractivity contribution < 1.29 is 17.7 Å². The Morgan fingerprint density at radius 2 is 0.667 bits per heavy atom. The van der Waals surface area contributed by atoms with E-state index in [4.69, 9.17) is 17.7 Å². The number of rotatable bonds is 8. The van der Waals surface area contributed by atoms with Gasteiger partial charge in [0, 0.05) is 35.4 Å². The Balaban J connectivity index is 0. The first-order valence-electron chi connectivity index (χ1n) is 6.38. The Morgan fingerprint density at radius 3 is 0.778 bits per heavy atom. The summed E-state index contributed by atoms with van der Waals surface area (Å²) in [6, 6.07) is 0. The Labute approximate surface area is 118 Å². The fraction of sp³-hybridized carbons (Fsp3) is 1.00. The summed E-state index contributed by atoms with van der Waals surface area (Å²) in [4.78, 5) is 0. The first kappa shape index (κ1) is 20.6. The molecule has 0 aromatic carbocycles. The summed E-state index contributed by atoms with van der Waals surface area (Å²) < 4.78 is 23.4. The summed E-state index contributed by atoms with van der Waals surface area (Å²) in [5.74, 6) is 0. The molecule has 0 heterocycles. The van der Waals surface area contributed by atoms with E-state index in [-0.39, 0.29) is 35.4 Å². The van der Waals surface area contributed by atoms with Crippen LogP contribution in [0.2, 0.25) is 0 Å². The minimum atomic E-state index is -3.05. The lowest BCUT2D eigenvalue weighted by Gasteiger charge is -2.33. The van der Waals surface area contributed by atoms with Crippen molar-refractivity contribution in [3.05, 3.63) is 0 Å². The standard InChI is InChI=1S/C12H28O4Si.Si/c1-9(2)13-17(14-10(3)4,15-11(5)6)16-12(7)8;/h9-12H,1-8H3;. The van der Waals surface area contributed by atoms with Crippen LogP contribution >= 0.6 is 0 Å². The molecular weight excluding hydrogens is 264 g/mol. The molecule has 0 N–H and O–H groups in total. The topological polar surface area (TPSA) is 36.9 Å². The summed E-state index contributed by atoms with van der Waals surface area (Å²) in [6.07, 6.45) is 0.0478. The van der Waals surface area contributed by atoms with Gasteiger partial charge in [-0.3, -0.25) is 0 Å². The molecular formula is C12H28O4Si2. The summed E-state index contributed by atoms with van der Waals surface area (Å²) in [6.45, 7) is 15.7. The fourth-order valence-corrected chi connectivity index (χ4v) is 3.96. The zero-order valence-corrected chi connectivity index (χ0v) is 14.9. The maximum Gasteiger partial charge on any atom is 0.680 e.